The Bertz CT molecular complexity index is 1390. The zero-order chi connectivity index (χ0) is 25.9. The molecule has 0 bridgehead atoms. The van der Waals surface area contributed by atoms with Gasteiger partial charge in [-0.3, -0.25) is 4.79 Å². The predicted octanol–water partition coefficient (Wildman–Crippen LogP) is 3.24. The molecule has 36 heavy (non-hydrogen) atoms. The van der Waals surface area contributed by atoms with Crippen molar-refractivity contribution in [1.29, 1.82) is 0 Å². The van der Waals surface area contributed by atoms with Crippen molar-refractivity contribution in [2.75, 3.05) is 26.6 Å². The molecule has 1 heterocycles. The van der Waals surface area contributed by atoms with Crippen LogP contribution in [0.3, 0.4) is 0 Å². The molecule has 4 rings (SSSR count). The fraction of sp³-hybridized carbons (Fsp3) is 0.231. The van der Waals surface area contributed by atoms with Crippen LogP contribution in [-0.4, -0.2) is 52.0 Å². The van der Waals surface area contributed by atoms with Crippen LogP contribution in [-0.2, 0) is 32.5 Å². The number of carbonyl (C=O) groups is 2. The van der Waals surface area contributed by atoms with Crippen LogP contribution in [0.2, 0.25) is 0 Å². The molecule has 3 aromatic rings. The summed E-state index contributed by atoms with van der Waals surface area (Å²) >= 11 is 0. The summed E-state index contributed by atoms with van der Waals surface area (Å²) < 4.78 is 44.0. The number of nitrogens with one attached hydrogen (secondary N) is 1. The summed E-state index contributed by atoms with van der Waals surface area (Å²) in [5, 5.41) is 2.78. The van der Waals surface area contributed by atoms with E-state index in [-0.39, 0.29) is 23.6 Å². The van der Waals surface area contributed by atoms with E-state index >= 15 is 0 Å². The summed E-state index contributed by atoms with van der Waals surface area (Å²) in [4.78, 5) is 25.1. The molecule has 9 nitrogen and oxygen atoms in total. The second-order valence-electron chi connectivity index (χ2n) is 8.11. The smallest absolute Gasteiger partial charge is 0.337 e. The number of nitrogens with zero attached hydrogens (tertiary/aromatic N) is 1. The minimum absolute atomic E-state index is 0.0141. The van der Waals surface area contributed by atoms with E-state index in [0.29, 0.717) is 17.0 Å². The van der Waals surface area contributed by atoms with Gasteiger partial charge in [0.05, 0.1) is 31.8 Å². The summed E-state index contributed by atoms with van der Waals surface area (Å²) in [6.45, 7) is 0.0339. The molecule has 1 atom stereocenters. The van der Waals surface area contributed by atoms with Crippen molar-refractivity contribution in [3.8, 4) is 11.5 Å². The van der Waals surface area contributed by atoms with Gasteiger partial charge < -0.3 is 19.5 Å². The molecule has 1 aliphatic rings. The maximum atomic E-state index is 13.8. The number of rotatable bonds is 7. The van der Waals surface area contributed by atoms with Crippen molar-refractivity contribution in [2.24, 2.45) is 0 Å². The van der Waals surface area contributed by atoms with Gasteiger partial charge in [0.25, 0.3) is 0 Å². The van der Waals surface area contributed by atoms with E-state index in [1.54, 1.807) is 12.1 Å². The number of hydrogen-bond donors (Lipinski definition) is 1. The Balaban J connectivity index is 1.68. The number of hydrogen-bond acceptors (Lipinski definition) is 7. The van der Waals surface area contributed by atoms with Crippen molar-refractivity contribution in [2.45, 2.75) is 23.9 Å². The van der Waals surface area contributed by atoms with Gasteiger partial charge in [-0.2, -0.15) is 4.31 Å². The molecule has 0 saturated heterocycles. The summed E-state index contributed by atoms with van der Waals surface area (Å²) in [7, 11) is 0.0774. The van der Waals surface area contributed by atoms with E-state index in [2.05, 4.69) is 5.32 Å². The fourth-order valence-electron chi connectivity index (χ4n) is 4.12. The SMILES string of the molecule is COC(=O)c1ccc(NC(=O)[C@H]2Cc3ccccc3CN2S(=O)(=O)c2ccc(OC)c(OC)c2)cc1. The lowest BCUT2D eigenvalue weighted by molar-refractivity contribution is -0.120. The van der Waals surface area contributed by atoms with E-state index in [9.17, 15) is 18.0 Å². The van der Waals surface area contributed by atoms with Crippen LogP contribution in [0.15, 0.2) is 71.6 Å². The third kappa shape index (κ3) is 4.91. The Morgan fingerprint density at radius 2 is 1.56 bits per heavy atom. The first kappa shape index (κ1) is 25.2. The van der Waals surface area contributed by atoms with Crippen molar-refractivity contribution < 1.29 is 32.2 Å². The zero-order valence-electron chi connectivity index (χ0n) is 20.1. The molecule has 1 N–H and O–H groups in total. The molecule has 10 heteroatoms. The lowest BCUT2D eigenvalue weighted by Crippen LogP contribution is -2.50. The van der Waals surface area contributed by atoms with Crippen molar-refractivity contribution in [3.05, 3.63) is 83.4 Å². The Labute approximate surface area is 209 Å². The van der Waals surface area contributed by atoms with Gasteiger partial charge in [-0.1, -0.05) is 24.3 Å². The Kier molecular flexibility index (Phi) is 7.27. The van der Waals surface area contributed by atoms with E-state index in [0.717, 1.165) is 11.1 Å². The summed E-state index contributed by atoms with van der Waals surface area (Å²) in [6, 6.07) is 16.9. The first-order valence-corrected chi connectivity index (χ1v) is 12.5. The topological polar surface area (TPSA) is 111 Å². The number of methoxy groups -OCH3 is 3. The first-order chi connectivity index (χ1) is 17.3. The van der Waals surface area contributed by atoms with Gasteiger partial charge in [-0.25, -0.2) is 13.2 Å². The van der Waals surface area contributed by atoms with Gasteiger partial charge >= 0.3 is 5.97 Å². The second kappa shape index (κ2) is 10.4. The monoisotopic (exact) mass is 510 g/mol. The molecule has 1 aliphatic heterocycles. The molecule has 1 amide bonds. The normalized spacial score (nSPS) is 15.5. The molecule has 0 aliphatic carbocycles. The maximum absolute atomic E-state index is 13.8. The zero-order valence-corrected chi connectivity index (χ0v) is 20.9. The lowest BCUT2D eigenvalue weighted by atomic mass is 9.95. The molecule has 0 unspecified atom stereocenters. The Morgan fingerprint density at radius 3 is 2.19 bits per heavy atom. The quantitative estimate of drug-likeness (QED) is 0.486. The van der Waals surface area contributed by atoms with Gasteiger partial charge in [-0.15, -0.1) is 0 Å². The third-order valence-corrected chi connectivity index (χ3v) is 7.89. The number of sulfonamides is 1. The summed E-state index contributed by atoms with van der Waals surface area (Å²) in [5.41, 5.74) is 2.49. The van der Waals surface area contributed by atoms with Crippen LogP contribution >= 0.6 is 0 Å². The highest BCUT2D eigenvalue weighted by molar-refractivity contribution is 7.89. The largest absolute Gasteiger partial charge is 0.493 e. The minimum atomic E-state index is -4.09. The van der Waals surface area contributed by atoms with Gasteiger partial charge in [0.15, 0.2) is 11.5 Å². The molecule has 0 fully saturated rings. The van der Waals surface area contributed by atoms with Crippen LogP contribution in [0.4, 0.5) is 5.69 Å². The van der Waals surface area contributed by atoms with E-state index < -0.39 is 27.9 Å². The van der Waals surface area contributed by atoms with E-state index in [1.807, 2.05) is 24.3 Å². The van der Waals surface area contributed by atoms with Crippen LogP contribution in [0, 0.1) is 0 Å². The van der Waals surface area contributed by atoms with Crippen molar-refractivity contribution in [1.82, 2.24) is 4.31 Å². The molecule has 0 spiro atoms. The summed E-state index contributed by atoms with van der Waals surface area (Å²) in [5.74, 6) is -0.323. The second-order valence-corrected chi connectivity index (χ2v) is 10.0. The molecular weight excluding hydrogens is 484 g/mol. The number of amides is 1. The number of benzene rings is 3. The summed E-state index contributed by atoms with van der Waals surface area (Å²) in [6.07, 6.45) is 0.203. The van der Waals surface area contributed by atoms with Crippen LogP contribution in [0.25, 0.3) is 0 Å². The number of esters is 1. The molecule has 0 aromatic heterocycles. The average Bonchev–Trinajstić information content (AvgIpc) is 2.91. The number of anilines is 1. The molecule has 0 saturated carbocycles. The van der Waals surface area contributed by atoms with Crippen LogP contribution < -0.4 is 14.8 Å². The van der Waals surface area contributed by atoms with Gasteiger partial charge in [0, 0.05) is 18.3 Å². The van der Waals surface area contributed by atoms with Gasteiger partial charge in [0.2, 0.25) is 15.9 Å². The standard InChI is InChI=1S/C26H26N2O7S/c1-33-23-13-12-21(15-24(23)34-2)36(31,32)28-16-19-7-5-4-6-18(19)14-22(28)25(29)27-20-10-8-17(9-11-20)26(30)35-3/h4-13,15,22H,14,16H2,1-3H3,(H,27,29)/t22-/m1/s1. The number of ether oxygens (including phenoxy) is 3. The molecule has 188 valence electrons. The number of fused-ring (bicyclic) bond motifs is 1. The van der Waals surface area contributed by atoms with E-state index in [1.165, 1.54) is 56.0 Å². The number of carbonyl (C=O) groups excluding carboxylic acids is 2. The minimum Gasteiger partial charge on any atom is -0.493 e. The molecular formula is C26H26N2O7S. The molecule has 0 radical (unpaired) electrons. The highest BCUT2D eigenvalue weighted by atomic mass is 32.2. The average molecular weight is 511 g/mol. The van der Waals surface area contributed by atoms with Crippen LogP contribution in [0.5, 0.6) is 11.5 Å². The third-order valence-electron chi connectivity index (χ3n) is 6.04. The Morgan fingerprint density at radius 1 is 0.889 bits per heavy atom. The predicted molar refractivity (Wildman–Crippen MR) is 133 cm³/mol. The highest BCUT2D eigenvalue weighted by Gasteiger charge is 2.40. The fourth-order valence-corrected chi connectivity index (χ4v) is 5.70. The van der Waals surface area contributed by atoms with Crippen molar-refractivity contribution >= 4 is 27.6 Å². The molecule has 3 aromatic carbocycles. The van der Waals surface area contributed by atoms with Crippen molar-refractivity contribution in [3.63, 3.8) is 0 Å². The first-order valence-electron chi connectivity index (χ1n) is 11.1. The maximum Gasteiger partial charge on any atom is 0.337 e. The van der Waals surface area contributed by atoms with E-state index in [4.69, 9.17) is 14.2 Å². The Hall–Kier alpha value is -3.89. The van der Waals surface area contributed by atoms with Crippen LogP contribution in [0.1, 0.15) is 21.5 Å². The lowest BCUT2D eigenvalue weighted by Gasteiger charge is -2.35. The highest BCUT2D eigenvalue weighted by Crippen LogP contribution is 2.34. The van der Waals surface area contributed by atoms with Gasteiger partial charge in [0.1, 0.15) is 6.04 Å². The van der Waals surface area contributed by atoms with Gasteiger partial charge in [-0.05, 0) is 53.9 Å².